The number of nitrogens with one attached hydrogen (secondary N) is 1. The van der Waals surface area contributed by atoms with Gasteiger partial charge in [0, 0.05) is 25.7 Å². The van der Waals surface area contributed by atoms with Crippen molar-refractivity contribution in [1.29, 1.82) is 0 Å². The fourth-order valence-corrected chi connectivity index (χ4v) is 3.08. The summed E-state index contributed by atoms with van der Waals surface area (Å²) in [4.78, 5) is 2.30. The Hall–Kier alpha value is -0.970. The van der Waals surface area contributed by atoms with Crippen molar-refractivity contribution in [2.24, 2.45) is 0 Å². The number of piperidine rings is 1. The summed E-state index contributed by atoms with van der Waals surface area (Å²) in [6.45, 7) is 3.33. The van der Waals surface area contributed by atoms with Crippen LogP contribution in [0.25, 0.3) is 0 Å². The molecule has 0 aromatic heterocycles. The predicted molar refractivity (Wildman–Crippen MR) is 67.8 cm³/mol. The molecule has 0 saturated carbocycles. The Balaban J connectivity index is 1.77. The van der Waals surface area contributed by atoms with Crippen LogP contribution in [-0.2, 0) is 13.0 Å². The summed E-state index contributed by atoms with van der Waals surface area (Å²) in [5.74, 6) is -0.165. The number of halogens is 1. The van der Waals surface area contributed by atoms with Crippen LogP contribution in [0, 0.1) is 5.82 Å². The summed E-state index contributed by atoms with van der Waals surface area (Å²) in [6, 6.07) is 5.27. The highest BCUT2D eigenvalue weighted by Gasteiger charge is 2.30. The molecule has 4 heteroatoms. The maximum Gasteiger partial charge on any atom is 0.123 e. The normalized spacial score (nSPS) is 29.0. The number of benzene rings is 1. The Morgan fingerprint density at radius 2 is 2.22 bits per heavy atom. The van der Waals surface area contributed by atoms with Crippen molar-refractivity contribution < 1.29 is 9.50 Å². The number of nitrogens with zero attached hydrogens (tertiary/aromatic N) is 1. The first-order valence-corrected chi connectivity index (χ1v) is 6.64. The standard InChI is InChI=1S/C14H19FN2O/c15-12-2-1-10-4-6-17(9-11(10)7-12)13-3-5-16-8-14(13)18/h1-2,7,13-14,16,18H,3-6,8-9H2. The molecule has 0 aliphatic carbocycles. The summed E-state index contributed by atoms with van der Waals surface area (Å²) >= 11 is 0. The lowest BCUT2D eigenvalue weighted by atomic mass is 9.94. The molecule has 1 fully saturated rings. The molecule has 1 saturated heterocycles. The molecule has 3 nitrogen and oxygen atoms in total. The molecule has 0 spiro atoms. The van der Waals surface area contributed by atoms with Gasteiger partial charge in [-0.05, 0) is 42.6 Å². The lowest BCUT2D eigenvalue weighted by Gasteiger charge is -2.40. The van der Waals surface area contributed by atoms with Crippen LogP contribution in [0.2, 0.25) is 0 Å². The Bertz CT molecular complexity index is 438. The highest BCUT2D eigenvalue weighted by Crippen LogP contribution is 2.24. The average molecular weight is 250 g/mol. The third kappa shape index (κ3) is 2.28. The van der Waals surface area contributed by atoms with Gasteiger partial charge in [0.25, 0.3) is 0 Å². The van der Waals surface area contributed by atoms with Crippen LogP contribution in [-0.4, -0.2) is 41.8 Å². The minimum Gasteiger partial charge on any atom is -0.390 e. The van der Waals surface area contributed by atoms with Gasteiger partial charge in [-0.15, -0.1) is 0 Å². The number of aliphatic hydroxyl groups excluding tert-OH is 1. The minimum atomic E-state index is -0.311. The van der Waals surface area contributed by atoms with E-state index in [1.165, 1.54) is 11.6 Å². The molecule has 3 rings (SSSR count). The molecule has 2 aliphatic heterocycles. The largest absolute Gasteiger partial charge is 0.390 e. The van der Waals surface area contributed by atoms with Gasteiger partial charge in [0.15, 0.2) is 0 Å². The molecule has 0 bridgehead atoms. The zero-order valence-electron chi connectivity index (χ0n) is 10.4. The monoisotopic (exact) mass is 250 g/mol. The molecule has 1 aromatic carbocycles. The van der Waals surface area contributed by atoms with E-state index in [0.29, 0.717) is 6.54 Å². The molecule has 0 amide bonds. The second-order valence-electron chi connectivity index (χ2n) is 5.26. The van der Waals surface area contributed by atoms with Gasteiger partial charge in [0.2, 0.25) is 0 Å². The summed E-state index contributed by atoms with van der Waals surface area (Å²) in [5.41, 5.74) is 2.32. The third-order valence-corrected chi connectivity index (χ3v) is 4.09. The first-order chi connectivity index (χ1) is 8.74. The topological polar surface area (TPSA) is 35.5 Å². The number of rotatable bonds is 1. The quantitative estimate of drug-likeness (QED) is 0.777. The van der Waals surface area contributed by atoms with Crippen molar-refractivity contribution in [3.05, 3.63) is 35.1 Å². The molecule has 2 atom stereocenters. The van der Waals surface area contributed by atoms with Gasteiger partial charge in [-0.3, -0.25) is 4.90 Å². The van der Waals surface area contributed by atoms with Crippen LogP contribution < -0.4 is 5.32 Å². The van der Waals surface area contributed by atoms with Gasteiger partial charge in [-0.1, -0.05) is 6.07 Å². The van der Waals surface area contributed by atoms with Crippen LogP contribution >= 0.6 is 0 Å². The number of β-amino-alcohol motifs (C(OH)–C–C–N with tert-alkyl or cyclic N) is 1. The number of hydrogen-bond acceptors (Lipinski definition) is 3. The highest BCUT2D eigenvalue weighted by atomic mass is 19.1. The molecule has 2 unspecified atom stereocenters. The molecule has 1 aromatic rings. The maximum absolute atomic E-state index is 13.3. The summed E-state index contributed by atoms with van der Waals surface area (Å²) in [5, 5.41) is 13.2. The van der Waals surface area contributed by atoms with E-state index in [4.69, 9.17) is 0 Å². The van der Waals surface area contributed by atoms with E-state index in [1.807, 2.05) is 6.07 Å². The molecule has 0 radical (unpaired) electrons. The van der Waals surface area contributed by atoms with Crippen molar-refractivity contribution >= 4 is 0 Å². The van der Waals surface area contributed by atoms with Gasteiger partial charge in [-0.25, -0.2) is 4.39 Å². The van der Waals surface area contributed by atoms with Crippen LogP contribution in [0.15, 0.2) is 18.2 Å². The Labute approximate surface area is 107 Å². The van der Waals surface area contributed by atoms with Gasteiger partial charge in [0.05, 0.1) is 6.10 Å². The average Bonchev–Trinajstić information content (AvgIpc) is 2.38. The molecule has 2 aliphatic rings. The van der Waals surface area contributed by atoms with Gasteiger partial charge >= 0.3 is 0 Å². The Morgan fingerprint density at radius 3 is 3.06 bits per heavy atom. The van der Waals surface area contributed by atoms with E-state index in [9.17, 15) is 9.50 Å². The molecular formula is C14H19FN2O. The molecule has 98 valence electrons. The van der Waals surface area contributed by atoms with Crippen LogP contribution in [0.4, 0.5) is 4.39 Å². The highest BCUT2D eigenvalue weighted by molar-refractivity contribution is 5.30. The minimum absolute atomic E-state index is 0.165. The maximum atomic E-state index is 13.3. The van der Waals surface area contributed by atoms with Crippen molar-refractivity contribution in [3.8, 4) is 0 Å². The second kappa shape index (κ2) is 4.96. The first kappa shape index (κ1) is 12.1. The van der Waals surface area contributed by atoms with Gasteiger partial charge in [-0.2, -0.15) is 0 Å². The van der Waals surface area contributed by atoms with Crippen molar-refractivity contribution in [3.63, 3.8) is 0 Å². The molecule has 18 heavy (non-hydrogen) atoms. The van der Waals surface area contributed by atoms with Crippen LogP contribution in [0.3, 0.4) is 0 Å². The molecular weight excluding hydrogens is 231 g/mol. The van der Waals surface area contributed by atoms with Gasteiger partial charge in [0.1, 0.15) is 5.82 Å². The van der Waals surface area contributed by atoms with E-state index in [2.05, 4.69) is 10.2 Å². The summed E-state index contributed by atoms with van der Waals surface area (Å²) in [7, 11) is 0. The van der Waals surface area contributed by atoms with Crippen LogP contribution in [0.1, 0.15) is 17.5 Å². The summed E-state index contributed by atoms with van der Waals surface area (Å²) in [6.07, 6.45) is 1.60. The predicted octanol–water partition coefficient (Wildman–Crippen LogP) is 0.907. The third-order valence-electron chi connectivity index (χ3n) is 4.09. The molecule has 2 heterocycles. The fraction of sp³-hybridized carbons (Fsp3) is 0.571. The summed E-state index contributed by atoms with van der Waals surface area (Å²) < 4.78 is 13.3. The SMILES string of the molecule is OC1CNCCC1N1CCc2ccc(F)cc2C1. The van der Waals surface area contributed by atoms with Gasteiger partial charge < -0.3 is 10.4 Å². The van der Waals surface area contributed by atoms with Crippen molar-refractivity contribution in [2.75, 3.05) is 19.6 Å². The lowest BCUT2D eigenvalue weighted by molar-refractivity contribution is 0.0219. The fourth-order valence-electron chi connectivity index (χ4n) is 3.08. The van der Waals surface area contributed by atoms with E-state index in [1.54, 1.807) is 6.07 Å². The smallest absolute Gasteiger partial charge is 0.123 e. The number of fused-ring (bicyclic) bond motifs is 1. The second-order valence-corrected chi connectivity index (χ2v) is 5.26. The van der Waals surface area contributed by atoms with E-state index in [0.717, 1.165) is 38.0 Å². The van der Waals surface area contributed by atoms with E-state index < -0.39 is 0 Å². The molecule has 2 N–H and O–H groups in total. The van der Waals surface area contributed by atoms with E-state index in [-0.39, 0.29) is 18.0 Å². The zero-order chi connectivity index (χ0) is 12.5. The Kier molecular flexibility index (Phi) is 3.33. The van der Waals surface area contributed by atoms with E-state index >= 15 is 0 Å². The number of aliphatic hydroxyl groups is 1. The first-order valence-electron chi connectivity index (χ1n) is 6.64. The van der Waals surface area contributed by atoms with Crippen molar-refractivity contribution in [2.45, 2.75) is 31.5 Å². The zero-order valence-corrected chi connectivity index (χ0v) is 10.4. The number of hydrogen-bond donors (Lipinski definition) is 2. The van der Waals surface area contributed by atoms with Crippen LogP contribution in [0.5, 0.6) is 0 Å². The Morgan fingerprint density at radius 1 is 1.33 bits per heavy atom. The lowest BCUT2D eigenvalue weighted by Crippen LogP contribution is -2.53. The van der Waals surface area contributed by atoms with Crippen molar-refractivity contribution in [1.82, 2.24) is 10.2 Å².